The van der Waals surface area contributed by atoms with Gasteiger partial charge in [0.05, 0.1) is 23.8 Å². The summed E-state index contributed by atoms with van der Waals surface area (Å²) in [5.74, 6) is 0.555. The predicted molar refractivity (Wildman–Crippen MR) is 120 cm³/mol. The minimum atomic E-state index is 0. The van der Waals surface area contributed by atoms with Crippen molar-refractivity contribution in [2.24, 2.45) is 0 Å². The van der Waals surface area contributed by atoms with E-state index in [0.29, 0.717) is 10.9 Å². The van der Waals surface area contributed by atoms with Crippen LogP contribution >= 0.6 is 48.0 Å². The topological polar surface area (TPSA) is 59.1 Å². The minimum absolute atomic E-state index is 0. The van der Waals surface area contributed by atoms with Crippen molar-refractivity contribution in [1.82, 2.24) is 15.3 Å². The maximum absolute atomic E-state index is 6.13. The molecule has 2 heterocycles. The Morgan fingerprint density at radius 1 is 1.07 bits per heavy atom. The minimum Gasteiger partial charge on any atom is -0.481 e. The molecule has 0 saturated heterocycles. The molecule has 0 bridgehead atoms. The summed E-state index contributed by atoms with van der Waals surface area (Å²) in [4.78, 5) is 9.24. The van der Waals surface area contributed by atoms with Gasteiger partial charge < -0.3 is 15.4 Å². The van der Waals surface area contributed by atoms with E-state index in [0.717, 1.165) is 47.3 Å². The van der Waals surface area contributed by atoms with Crippen LogP contribution in [-0.2, 0) is 0 Å². The van der Waals surface area contributed by atoms with E-state index in [9.17, 15) is 0 Å². The average Bonchev–Trinajstić information content (AvgIpc) is 2.59. The summed E-state index contributed by atoms with van der Waals surface area (Å²) >= 11 is 12.1. The van der Waals surface area contributed by atoms with Crippen molar-refractivity contribution >= 4 is 75.6 Å². The molecular weight excluding hydrogens is 430 g/mol. The van der Waals surface area contributed by atoms with Gasteiger partial charge >= 0.3 is 0 Å². The fraction of sp³-hybridized carbons (Fsp3) is 0.333. The van der Waals surface area contributed by atoms with Gasteiger partial charge in [-0.25, -0.2) is 9.97 Å². The van der Waals surface area contributed by atoms with Crippen LogP contribution in [0.25, 0.3) is 21.9 Å². The fourth-order valence-corrected chi connectivity index (χ4v) is 2.92. The maximum Gasteiger partial charge on any atom is 0.213 e. The molecule has 3 rings (SSSR count). The third-order valence-corrected chi connectivity index (χ3v) is 4.18. The van der Waals surface area contributed by atoms with Gasteiger partial charge in [-0.3, -0.25) is 0 Å². The molecule has 0 fully saturated rings. The van der Waals surface area contributed by atoms with Crippen molar-refractivity contribution in [3.63, 3.8) is 0 Å². The number of anilines is 1. The van der Waals surface area contributed by atoms with Crippen LogP contribution < -0.4 is 15.4 Å². The second-order valence-corrected chi connectivity index (χ2v) is 6.96. The number of ether oxygens (including phenoxy) is 1. The molecule has 1 atom stereocenters. The van der Waals surface area contributed by atoms with Crippen molar-refractivity contribution in [3.05, 3.63) is 35.4 Å². The molecule has 2 aromatic heterocycles. The lowest BCUT2D eigenvalue weighted by atomic mass is 10.1. The number of aromatic nitrogens is 2. The number of hydrogen-bond donors (Lipinski definition) is 2. The van der Waals surface area contributed by atoms with Gasteiger partial charge in [-0.05, 0) is 31.2 Å². The fourth-order valence-electron chi connectivity index (χ4n) is 2.64. The first-order valence-electron chi connectivity index (χ1n) is 8.11. The van der Waals surface area contributed by atoms with Gasteiger partial charge in [0.25, 0.3) is 0 Å². The number of fused-ring (bicyclic) bond motifs is 2. The monoisotopic (exact) mass is 450 g/mol. The lowest BCUT2D eigenvalue weighted by Gasteiger charge is -2.14. The Morgan fingerprint density at radius 3 is 2.56 bits per heavy atom. The molecule has 9 heteroatoms. The van der Waals surface area contributed by atoms with Gasteiger partial charge in [-0.2, -0.15) is 0 Å². The van der Waals surface area contributed by atoms with E-state index >= 15 is 0 Å². The first kappa shape index (κ1) is 23.8. The molecule has 0 saturated carbocycles. The summed E-state index contributed by atoms with van der Waals surface area (Å²) in [7, 11) is 1.60. The van der Waals surface area contributed by atoms with Crippen molar-refractivity contribution < 1.29 is 4.74 Å². The Hall–Kier alpha value is -1.24. The molecule has 0 aliphatic rings. The molecular formula is C18H22Cl4N4O. The van der Waals surface area contributed by atoms with Gasteiger partial charge in [0.2, 0.25) is 5.88 Å². The molecule has 3 aromatic rings. The van der Waals surface area contributed by atoms with Crippen LogP contribution in [0.5, 0.6) is 5.88 Å². The number of benzene rings is 1. The Balaban J connectivity index is 0.00000182. The van der Waals surface area contributed by atoms with Crippen LogP contribution in [0.15, 0.2) is 30.3 Å². The summed E-state index contributed by atoms with van der Waals surface area (Å²) in [6, 6.07) is 9.39. The van der Waals surface area contributed by atoms with Gasteiger partial charge in [-0.15, -0.1) is 36.4 Å². The highest BCUT2D eigenvalue weighted by Gasteiger charge is 2.12. The lowest BCUT2D eigenvalue weighted by Crippen LogP contribution is -2.27. The standard InChI is InChI=1S/C18H20Cl2N4O.2ClH/c1-11(19)10-21-7-8-22-17-13-4-3-12(20)9-15(13)23-14-5-6-16(25-2)24-18(14)17;;/h3-6,9,11,21H,7-8,10H2,1-2H3,(H,22,23);2*1H. The number of halogens is 4. The van der Waals surface area contributed by atoms with Crippen molar-refractivity contribution in [3.8, 4) is 5.88 Å². The normalized spacial score (nSPS) is 11.6. The second-order valence-electron chi connectivity index (χ2n) is 5.78. The number of alkyl halides is 1. The van der Waals surface area contributed by atoms with Gasteiger partial charge in [-0.1, -0.05) is 11.6 Å². The van der Waals surface area contributed by atoms with Crippen LogP contribution in [0.4, 0.5) is 5.69 Å². The molecule has 0 spiro atoms. The summed E-state index contributed by atoms with van der Waals surface area (Å²) < 4.78 is 5.26. The first-order valence-corrected chi connectivity index (χ1v) is 8.92. The van der Waals surface area contributed by atoms with Gasteiger partial charge in [0.1, 0.15) is 5.52 Å². The third-order valence-electron chi connectivity index (χ3n) is 3.79. The molecule has 27 heavy (non-hydrogen) atoms. The Morgan fingerprint density at radius 2 is 1.85 bits per heavy atom. The number of methoxy groups -OCH3 is 1. The van der Waals surface area contributed by atoms with Crippen molar-refractivity contribution in [2.75, 3.05) is 32.1 Å². The molecule has 1 unspecified atom stereocenters. The molecule has 0 aliphatic heterocycles. The quantitative estimate of drug-likeness (QED) is 0.303. The third kappa shape index (κ3) is 5.87. The van der Waals surface area contributed by atoms with Crippen LogP contribution in [0.1, 0.15) is 6.92 Å². The number of pyridine rings is 2. The predicted octanol–water partition coefficient (Wildman–Crippen LogP) is 4.92. The highest BCUT2D eigenvalue weighted by molar-refractivity contribution is 6.31. The van der Waals surface area contributed by atoms with Crippen LogP contribution in [0.3, 0.4) is 0 Å². The molecule has 148 valence electrons. The summed E-state index contributed by atoms with van der Waals surface area (Å²) in [6.45, 7) is 4.26. The smallest absolute Gasteiger partial charge is 0.213 e. The van der Waals surface area contributed by atoms with Crippen LogP contribution in [0.2, 0.25) is 5.02 Å². The number of rotatable bonds is 7. The zero-order valence-corrected chi connectivity index (χ0v) is 18.1. The average molecular weight is 452 g/mol. The molecule has 0 radical (unpaired) electrons. The Bertz CT molecular complexity index is 892. The molecule has 2 N–H and O–H groups in total. The second kappa shape index (κ2) is 10.9. The van der Waals surface area contributed by atoms with E-state index in [1.54, 1.807) is 13.2 Å². The SMILES string of the molecule is COc1ccc2nc3cc(Cl)ccc3c(NCCNCC(C)Cl)c2n1.Cl.Cl. The molecule has 5 nitrogen and oxygen atoms in total. The van der Waals surface area contributed by atoms with Crippen molar-refractivity contribution in [2.45, 2.75) is 12.3 Å². The molecule has 1 aromatic carbocycles. The van der Waals surface area contributed by atoms with E-state index in [-0.39, 0.29) is 30.2 Å². The zero-order valence-electron chi connectivity index (χ0n) is 15.0. The maximum atomic E-state index is 6.13. The zero-order chi connectivity index (χ0) is 17.8. The Kier molecular flexibility index (Phi) is 9.63. The van der Waals surface area contributed by atoms with E-state index in [1.807, 2.05) is 31.2 Å². The van der Waals surface area contributed by atoms with E-state index in [4.69, 9.17) is 27.9 Å². The number of nitrogens with one attached hydrogen (secondary N) is 2. The van der Waals surface area contributed by atoms with E-state index in [1.165, 1.54) is 0 Å². The lowest BCUT2D eigenvalue weighted by molar-refractivity contribution is 0.399. The van der Waals surface area contributed by atoms with Crippen LogP contribution in [-0.4, -0.2) is 42.1 Å². The largest absolute Gasteiger partial charge is 0.481 e. The van der Waals surface area contributed by atoms with Gasteiger partial charge in [0.15, 0.2) is 0 Å². The molecule has 0 aliphatic carbocycles. The number of hydrogen-bond acceptors (Lipinski definition) is 5. The Labute approximate surface area is 181 Å². The summed E-state index contributed by atoms with van der Waals surface area (Å²) in [6.07, 6.45) is 0. The highest BCUT2D eigenvalue weighted by atomic mass is 35.5. The highest BCUT2D eigenvalue weighted by Crippen LogP contribution is 2.32. The van der Waals surface area contributed by atoms with Crippen LogP contribution in [0, 0.1) is 0 Å². The number of nitrogens with zero attached hydrogens (tertiary/aromatic N) is 2. The summed E-state index contributed by atoms with van der Waals surface area (Å²) in [5, 5.41) is 8.51. The van der Waals surface area contributed by atoms with E-state index < -0.39 is 0 Å². The van der Waals surface area contributed by atoms with Gasteiger partial charge in [0, 0.05) is 41.5 Å². The molecule has 0 amide bonds. The summed E-state index contributed by atoms with van der Waals surface area (Å²) in [5.41, 5.74) is 3.33. The van der Waals surface area contributed by atoms with E-state index in [2.05, 4.69) is 20.6 Å². The van der Waals surface area contributed by atoms with Crippen molar-refractivity contribution in [1.29, 1.82) is 0 Å². The first-order chi connectivity index (χ1) is 12.1.